The smallest absolute Gasteiger partial charge is 0.249 e. The van der Waals surface area contributed by atoms with Gasteiger partial charge in [-0.3, -0.25) is 4.79 Å². The zero-order valence-corrected chi connectivity index (χ0v) is 10.1. The van der Waals surface area contributed by atoms with E-state index in [0.717, 1.165) is 6.42 Å². The van der Waals surface area contributed by atoms with E-state index in [4.69, 9.17) is 4.74 Å². The van der Waals surface area contributed by atoms with Gasteiger partial charge in [0, 0.05) is 13.2 Å². The SMILES string of the molecule is COC(C)C(=O)NC(C)Cc1ccccc1. The maximum Gasteiger partial charge on any atom is 0.249 e. The normalized spacial score (nSPS) is 14.2. The van der Waals surface area contributed by atoms with Crippen LogP contribution in [0.4, 0.5) is 0 Å². The molecule has 0 aliphatic rings. The fourth-order valence-corrected chi connectivity index (χ4v) is 1.49. The molecule has 16 heavy (non-hydrogen) atoms. The van der Waals surface area contributed by atoms with Crippen LogP contribution in [0.1, 0.15) is 19.4 Å². The first-order valence-corrected chi connectivity index (χ1v) is 5.50. The molecule has 1 rings (SSSR count). The summed E-state index contributed by atoms with van der Waals surface area (Å²) in [6.45, 7) is 3.73. The highest BCUT2D eigenvalue weighted by molar-refractivity contribution is 5.80. The molecule has 1 amide bonds. The van der Waals surface area contributed by atoms with Crippen LogP contribution in [0.25, 0.3) is 0 Å². The lowest BCUT2D eigenvalue weighted by atomic mass is 10.1. The second kappa shape index (κ2) is 6.28. The van der Waals surface area contributed by atoms with Gasteiger partial charge >= 0.3 is 0 Å². The molecule has 0 aromatic heterocycles. The molecule has 3 heteroatoms. The molecular formula is C13H19NO2. The summed E-state index contributed by atoms with van der Waals surface area (Å²) in [6, 6.07) is 10.2. The molecule has 0 spiro atoms. The predicted octanol–water partition coefficient (Wildman–Crippen LogP) is 1.77. The number of nitrogens with one attached hydrogen (secondary N) is 1. The lowest BCUT2D eigenvalue weighted by Gasteiger charge is -2.16. The number of hydrogen-bond donors (Lipinski definition) is 1. The summed E-state index contributed by atoms with van der Waals surface area (Å²) in [4.78, 5) is 11.5. The van der Waals surface area contributed by atoms with Crippen molar-refractivity contribution in [1.82, 2.24) is 5.32 Å². The molecule has 2 atom stereocenters. The molecular weight excluding hydrogens is 202 g/mol. The molecule has 0 radical (unpaired) electrons. The molecule has 0 saturated heterocycles. The number of amides is 1. The summed E-state index contributed by atoms with van der Waals surface area (Å²) in [7, 11) is 1.53. The fourth-order valence-electron chi connectivity index (χ4n) is 1.49. The van der Waals surface area contributed by atoms with E-state index in [1.807, 2.05) is 25.1 Å². The van der Waals surface area contributed by atoms with E-state index in [1.54, 1.807) is 6.92 Å². The maximum absolute atomic E-state index is 11.5. The Bertz CT molecular complexity index is 324. The predicted molar refractivity (Wildman–Crippen MR) is 64.2 cm³/mol. The molecule has 1 N–H and O–H groups in total. The summed E-state index contributed by atoms with van der Waals surface area (Å²) in [6.07, 6.45) is 0.446. The monoisotopic (exact) mass is 221 g/mol. The lowest BCUT2D eigenvalue weighted by molar-refractivity contribution is -0.130. The number of methoxy groups -OCH3 is 1. The van der Waals surface area contributed by atoms with Gasteiger partial charge in [-0.2, -0.15) is 0 Å². The van der Waals surface area contributed by atoms with Gasteiger partial charge in [0.25, 0.3) is 0 Å². The van der Waals surface area contributed by atoms with Gasteiger partial charge in [-0.25, -0.2) is 0 Å². The van der Waals surface area contributed by atoms with Gasteiger partial charge < -0.3 is 10.1 Å². The van der Waals surface area contributed by atoms with Crippen LogP contribution in [-0.2, 0) is 16.0 Å². The standard InChI is InChI=1S/C13H19NO2/c1-10(14-13(15)11(2)16-3)9-12-7-5-4-6-8-12/h4-8,10-11H,9H2,1-3H3,(H,14,15). The molecule has 88 valence electrons. The average molecular weight is 221 g/mol. The zero-order chi connectivity index (χ0) is 12.0. The van der Waals surface area contributed by atoms with Gasteiger partial charge in [-0.05, 0) is 25.8 Å². The lowest BCUT2D eigenvalue weighted by Crippen LogP contribution is -2.40. The zero-order valence-electron chi connectivity index (χ0n) is 10.1. The third-order valence-electron chi connectivity index (χ3n) is 2.50. The van der Waals surface area contributed by atoms with Crippen molar-refractivity contribution in [1.29, 1.82) is 0 Å². The number of benzene rings is 1. The minimum atomic E-state index is -0.391. The number of rotatable bonds is 5. The minimum absolute atomic E-state index is 0.0640. The highest BCUT2D eigenvalue weighted by Gasteiger charge is 2.14. The Labute approximate surface area is 96.8 Å². The number of carbonyl (C=O) groups excluding carboxylic acids is 1. The van der Waals surface area contributed by atoms with Crippen molar-refractivity contribution in [3.05, 3.63) is 35.9 Å². The van der Waals surface area contributed by atoms with E-state index in [-0.39, 0.29) is 11.9 Å². The number of carbonyl (C=O) groups is 1. The van der Waals surface area contributed by atoms with E-state index in [9.17, 15) is 4.79 Å². The molecule has 3 nitrogen and oxygen atoms in total. The van der Waals surface area contributed by atoms with E-state index in [0.29, 0.717) is 0 Å². The van der Waals surface area contributed by atoms with Crippen LogP contribution >= 0.6 is 0 Å². The Morgan fingerprint density at radius 2 is 1.94 bits per heavy atom. The van der Waals surface area contributed by atoms with Crippen LogP contribution in [0, 0.1) is 0 Å². The molecule has 0 aliphatic carbocycles. The van der Waals surface area contributed by atoms with Crippen molar-refractivity contribution in [2.75, 3.05) is 7.11 Å². The molecule has 0 fully saturated rings. The fraction of sp³-hybridized carbons (Fsp3) is 0.462. The van der Waals surface area contributed by atoms with Crippen LogP contribution in [0.2, 0.25) is 0 Å². The Kier molecular flexibility index (Phi) is 4.99. The third kappa shape index (κ3) is 4.03. The minimum Gasteiger partial charge on any atom is -0.372 e. The van der Waals surface area contributed by atoms with E-state index in [1.165, 1.54) is 12.7 Å². The Morgan fingerprint density at radius 1 is 1.31 bits per heavy atom. The Balaban J connectivity index is 2.42. The van der Waals surface area contributed by atoms with Gasteiger partial charge in [0.05, 0.1) is 0 Å². The van der Waals surface area contributed by atoms with Crippen LogP contribution in [0.5, 0.6) is 0 Å². The van der Waals surface area contributed by atoms with Crippen LogP contribution in [-0.4, -0.2) is 25.2 Å². The first kappa shape index (κ1) is 12.7. The molecule has 1 aromatic rings. The molecule has 2 unspecified atom stereocenters. The van der Waals surface area contributed by atoms with Crippen LogP contribution < -0.4 is 5.32 Å². The second-order valence-corrected chi connectivity index (χ2v) is 3.98. The third-order valence-corrected chi connectivity index (χ3v) is 2.50. The summed E-state index contributed by atoms with van der Waals surface area (Å²) in [5.41, 5.74) is 1.22. The Morgan fingerprint density at radius 3 is 2.50 bits per heavy atom. The van der Waals surface area contributed by atoms with Crippen LogP contribution in [0.3, 0.4) is 0 Å². The molecule has 0 bridgehead atoms. The van der Waals surface area contributed by atoms with Crippen molar-refractivity contribution in [2.24, 2.45) is 0 Å². The topological polar surface area (TPSA) is 38.3 Å². The van der Waals surface area contributed by atoms with Gasteiger partial charge in [-0.1, -0.05) is 30.3 Å². The molecule has 0 heterocycles. The quantitative estimate of drug-likeness (QED) is 0.823. The Hall–Kier alpha value is -1.35. The second-order valence-electron chi connectivity index (χ2n) is 3.98. The van der Waals surface area contributed by atoms with E-state index in [2.05, 4.69) is 17.4 Å². The highest BCUT2D eigenvalue weighted by atomic mass is 16.5. The number of ether oxygens (including phenoxy) is 1. The average Bonchev–Trinajstić information content (AvgIpc) is 2.29. The van der Waals surface area contributed by atoms with Crippen molar-refractivity contribution in [3.8, 4) is 0 Å². The number of hydrogen-bond acceptors (Lipinski definition) is 2. The molecule has 1 aromatic carbocycles. The molecule has 0 aliphatic heterocycles. The summed E-state index contributed by atoms with van der Waals surface area (Å²) in [5.74, 6) is -0.0640. The van der Waals surface area contributed by atoms with Crippen molar-refractivity contribution in [2.45, 2.75) is 32.4 Å². The van der Waals surface area contributed by atoms with Gasteiger partial charge in [-0.15, -0.1) is 0 Å². The first-order chi connectivity index (χ1) is 7.63. The van der Waals surface area contributed by atoms with E-state index >= 15 is 0 Å². The highest BCUT2D eigenvalue weighted by Crippen LogP contribution is 2.03. The van der Waals surface area contributed by atoms with Crippen molar-refractivity contribution >= 4 is 5.91 Å². The van der Waals surface area contributed by atoms with E-state index < -0.39 is 6.10 Å². The van der Waals surface area contributed by atoms with Gasteiger partial charge in [0.1, 0.15) is 6.10 Å². The largest absolute Gasteiger partial charge is 0.372 e. The van der Waals surface area contributed by atoms with Gasteiger partial charge in [0.15, 0.2) is 0 Å². The molecule has 0 saturated carbocycles. The van der Waals surface area contributed by atoms with Crippen LogP contribution in [0.15, 0.2) is 30.3 Å². The van der Waals surface area contributed by atoms with Crippen molar-refractivity contribution < 1.29 is 9.53 Å². The summed E-state index contributed by atoms with van der Waals surface area (Å²) < 4.78 is 4.95. The van der Waals surface area contributed by atoms with Gasteiger partial charge in [0.2, 0.25) is 5.91 Å². The maximum atomic E-state index is 11.5. The van der Waals surface area contributed by atoms with Crippen molar-refractivity contribution in [3.63, 3.8) is 0 Å². The summed E-state index contributed by atoms with van der Waals surface area (Å²) in [5, 5.41) is 2.92. The first-order valence-electron chi connectivity index (χ1n) is 5.50. The summed E-state index contributed by atoms with van der Waals surface area (Å²) >= 11 is 0.